The molecule has 2 aromatic heterocycles. The van der Waals surface area contributed by atoms with E-state index < -0.39 is 5.97 Å². The zero-order valence-corrected chi connectivity index (χ0v) is 20.1. The van der Waals surface area contributed by atoms with Gasteiger partial charge in [-0.05, 0) is 36.2 Å². The van der Waals surface area contributed by atoms with Crippen molar-refractivity contribution < 1.29 is 19.1 Å². The Kier molecular flexibility index (Phi) is 7.51. The molecule has 180 valence electrons. The molecule has 1 N–H and O–H groups in total. The third kappa shape index (κ3) is 6.51. The molecule has 4 aromatic rings. The van der Waals surface area contributed by atoms with Crippen LogP contribution in [0.2, 0.25) is 0 Å². The average molecular weight is 493 g/mol. The number of fused-ring (bicyclic) bond motifs is 1. The molecule has 2 heterocycles. The maximum Gasteiger partial charge on any atom is 0.338 e. The highest BCUT2D eigenvalue weighted by molar-refractivity contribution is 7.16. The summed E-state index contributed by atoms with van der Waals surface area (Å²) in [7, 11) is 0. The first-order valence-electron chi connectivity index (χ1n) is 11.0. The summed E-state index contributed by atoms with van der Waals surface area (Å²) in [4.78, 5) is 42.0. The number of ether oxygens (including phenoxy) is 2. The highest BCUT2D eigenvalue weighted by Crippen LogP contribution is 2.16. The molecule has 0 radical (unpaired) electrons. The second-order valence-electron chi connectivity index (χ2n) is 8.18. The first kappa shape index (κ1) is 24.1. The second kappa shape index (κ2) is 10.9. The van der Waals surface area contributed by atoms with Crippen LogP contribution in [0.15, 0.2) is 65.5 Å². The van der Waals surface area contributed by atoms with Gasteiger partial charge in [-0.1, -0.05) is 49.4 Å². The molecule has 0 spiro atoms. The molecule has 4 rings (SSSR count). The van der Waals surface area contributed by atoms with Crippen molar-refractivity contribution >= 4 is 33.9 Å². The van der Waals surface area contributed by atoms with Crippen LogP contribution in [0.5, 0.6) is 5.75 Å². The summed E-state index contributed by atoms with van der Waals surface area (Å²) in [5.74, 6) is 0.0247. The number of esters is 1. The third-order valence-electron chi connectivity index (χ3n) is 4.77. The van der Waals surface area contributed by atoms with E-state index >= 15 is 0 Å². The van der Waals surface area contributed by atoms with Crippen molar-refractivity contribution in [2.45, 2.75) is 26.9 Å². The van der Waals surface area contributed by atoms with Gasteiger partial charge < -0.3 is 14.8 Å². The molecule has 0 saturated heterocycles. The second-order valence-corrected chi connectivity index (χ2v) is 9.22. The van der Waals surface area contributed by atoms with E-state index in [1.54, 1.807) is 30.3 Å². The standard InChI is InChI=1S/C25H24N4O5S/c1-16(2)11-22-28-29-23(31)13-19(27-25(29)35-22)14-34-24(32)17-7-6-8-18(12-17)26-21(30)15-33-20-9-4-3-5-10-20/h3-10,12-13,16H,11,14-15H2,1-2H3,(H,26,30). The maximum atomic E-state index is 12.6. The Morgan fingerprint density at radius 2 is 1.89 bits per heavy atom. The number of para-hydroxylation sites is 1. The molecule has 35 heavy (non-hydrogen) atoms. The van der Waals surface area contributed by atoms with Gasteiger partial charge in [-0.15, -0.1) is 0 Å². The number of benzene rings is 2. The quantitative estimate of drug-likeness (QED) is 0.354. The van der Waals surface area contributed by atoms with Crippen LogP contribution in [-0.2, 0) is 22.6 Å². The Morgan fingerprint density at radius 3 is 2.66 bits per heavy atom. The van der Waals surface area contributed by atoms with E-state index in [9.17, 15) is 14.4 Å². The molecule has 0 aliphatic carbocycles. The highest BCUT2D eigenvalue weighted by Gasteiger charge is 2.13. The van der Waals surface area contributed by atoms with Gasteiger partial charge in [0, 0.05) is 18.2 Å². The van der Waals surface area contributed by atoms with E-state index in [1.165, 1.54) is 28.0 Å². The van der Waals surface area contributed by atoms with Gasteiger partial charge in [0.2, 0.25) is 4.96 Å². The normalized spacial score (nSPS) is 10.9. The van der Waals surface area contributed by atoms with Crippen molar-refractivity contribution in [1.29, 1.82) is 0 Å². The van der Waals surface area contributed by atoms with Gasteiger partial charge >= 0.3 is 5.97 Å². The number of carbonyl (C=O) groups excluding carboxylic acids is 2. The smallest absolute Gasteiger partial charge is 0.338 e. The van der Waals surface area contributed by atoms with Crippen LogP contribution in [-0.4, -0.2) is 33.1 Å². The molecule has 1 amide bonds. The van der Waals surface area contributed by atoms with Gasteiger partial charge in [0.25, 0.3) is 11.5 Å². The van der Waals surface area contributed by atoms with Crippen molar-refractivity contribution in [3.63, 3.8) is 0 Å². The number of aromatic nitrogens is 3. The number of hydrogen-bond acceptors (Lipinski definition) is 8. The molecule has 0 aliphatic rings. The minimum absolute atomic E-state index is 0.163. The predicted molar refractivity (Wildman–Crippen MR) is 132 cm³/mol. The van der Waals surface area contributed by atoms with Crippen LogP contribution in [0, 0.1) is 5.92 Å². The molecule has 0 atom stereocenters. The number of amides is 1. The fraction of sp³-hybridized carbons (Fsp3) is 0.240. The summed E-state index contributed by atoms with van der Waals surface area (Å²) in [5.41, 5.74) is 0.697. The van der Waals surface area contributed by atoms with Gasteiger partial charge in [-0.25, -0.2) is 9.78 Å². The van der Waals surface area contributed by atoms with E-state index in [2.05, 4.69) is 29.2 Å². The van der Waals surface area contributed by atoms with E-state index in [-0.39, 0.29) is 30.2 Å². The molecule has 0 fully saturated rings. The summed E-state index contributed by atoms with van der Waals surface area (Å²) in [6.07, 6.45) is 0.753. The molecular formula is C25H24N4O5S. The van der Waals surface area contributed by atoms with Crippen molar-refractivity contribution in [2.24, 2.45) is 5.92 Å². The molecule has 9 nitrogen and oxygen atoms in total. The predicted octanol–water partition coefficient (Wildman–Crippen LogP) is 3.72. The van der Waals surface area contributed by atoms with Crippen molar-refractivity contribution in [2.75, 3.05) is 11.9 Å². The van der Waals surface area contributed by atoms with Crippen LogP contribution in [0.25, 0.3) is 4.96 Å². The molecule has 0 bridgehead atoms. The summed E-state index contributed by atoms with van der Waals surface area (Å²) in [5, 5.41) is 7.83. The van der Waals surface area contributed by atoms with E-state index in [4.69, 9.17) is 9.47 Å². The summed E-state index contributed by atoms with van der Waals surface area (Å²) in [6, 6.07) is 16.7. The zero-order chi connectivity index (χ0) is 24.8. The SMILES string of the molecule is CC(C)Cc1nn2c(=O)cc(COC(=O)c3cccc(NC(=O)COc4ccccc4)c3)nc2s1. The maximum absolute atomic E-state index is 12.6. The van der Waals surface area contributed by atoms with Crippen molar-refractivity contribution in [1.82, 2.24) is 14.6 Å². The Morgan fingerprint density at radius 1 is 1.09 bits per heavy atom. The van der Waals surface area contributed by atoms with E-state index in [0.29, 0.717) is 28.0 Å². The number of rotatable bonds is 9. The number of nitrogens with one attached hydrogen (secondary N) is 1. The van der Waals surface area contributed by atoms with Gasteiger partial charge in [0.1, 0.15) is 17.4 Å². The fourth-order valence-electron chi connectivity index (χ4n) is 3.21. The average Bonchev–Trinajstić information content (AvgIpc) is 3.24. The van der Waals surface area contributed by atoms with Crippen LogP contribution < -0.4 is 15.6 Å². The molecule has 0 saturated carbocycles. The van der Waals surface area contributed by atoms with Crippen LogP contribution >= 0.6 is 11.3 Å². The molecule has 0 aliphatic heterocycles. The van der Waals surface area contributed by atoms with Gasteiger partial charge in [0.15, 0.2) is 6.61 Å². The van der Waals surface area contributed by atoms with E-state index in [1.807, 2.05) is 18.2 Å². The van der Waals surface area contributed by atoms with Crippen LogP contribution in [0.4, 0.5) is 5.69 Å². The lowest BCUT2D eigenvalue weighted by molar-refractivity contribution is -0.118. The lowest BCUT2D eigenvalue weighted by atomic mass is 10.1. The Labute approximate surface area is 205 Å². The first-order chi connectivity index (χ1) is 16.9. The molecular weight excluding hydrogens is 468 g/mol. The van der Waals surface area contributed by atoms with Gasteiger partial charge in [-0.3, -0.25) is 9.59 Å². The largest absolute Gasteiger partial charge is 0.484 e. The molecule has 0 unspecified atom stereocenters. The number of nitrogens with zero attached hydrogens (tertiary/aromatic N) is 3. The Hall–Kier alpha value is -4.05. The minimum atomic E-state index is -0.603. The van der Waals surface area contributed by atoms with Gasteiger partial charge in [0.05, 0.1) is 11.3 Å². The number of carbonyl (C=O) groups is 2. The lowest BCUT2D eigenvalue weighted by Gasteiger charge is -2.09. The van der Waals surface area contributed by atoms with Crippen LogP contribution in [0.1, 0.15) is 34.9 Å². The summed E-state index contributed by atoms with van der Waals surface area (Å²) < 4.78 is 12.0. The number of anilines is 1. The monoisotopic (exact) mass is 492 g/mol. The summed E-state index contributed by atoms with van der Waals surface area (Å²) >= 11 is 1.34. The summed E-state index contributed by atoms with van der Waals surface area (Å²) in [6.45, 7) is 3.82. The first-order valence-corrected chi connectivity index (χ1v) is 11.8. The Balaban J connectivity index is 1.36. The zero-order valence-electron chi connectivity index (χ0n) is 19.3. The van der Waals surface area contributed by atoms with Crippen molar-refractivity contribution in [3.8, 4) is 5.75 Å². The lowest BCUT2D eigenvalue weighted by Crippen LogP contribution is -2.20. The topological polar surface area (TPSA) is 112 Å². The van der Waals surface area contributed by atoms with Crippen LogP contribution in [0.3, 0.4) is 0 Å². The third-order valence-corrected chi connectivity index (χ3v) is 5.70. The molecule has 2 aromatic carbocycles. The van der Waals surface area contributed by atoms with Gasteiger partial charge in [-0.2, -0.15) is 9.61 Å². The molecule has 10 heteroatoms. The minimum Gasteiger partial charge on any atom is -0.484 e. The Bertz CT molecular complexity index is 1400. The van der Waals surface area contributed by atoms with Crippen molar-refractivity contribution in [3.05, 3.63) is 87.3 Å². The van der Waals surface area contributed by atoms with E-state index in [0.717, 1.165) is 11.4 Å². The number of hydrogen-bond donors (Lipinski definition) is 1. The fourth-order valence-corrected chi connectivity index (χ4v) is 4.34. The highest BCUT2D eigenvalue weighted by atomic mass is 32.1.